The summed E-state index contributed by atoms with van der Waals surface area (Å²) in [7, 11) is 0. The maximum Gasteiger partial charge on any atom is 0.255 e. The van der Waals surface area contributed by atoms with Gasteiger partial charge in [-0.25, -0.2) is 0 Å². The second-order valence-electron chi connectivity index (χ2n) is 7.47. The van der Waals surface area contributed by atoms with Crippen molar-refractivity contribution in [3.63, 3.8) is 0 Å². The van der Waals surface area contributed by atoms with Crippen LogP contribution in [-0.2, 0) is 16.1 Å². The Morgan fingerprint density at radius 2 is 1.92 bits per heavy atom. The first-order chi connectivity index (χ1) is 12.5. The quantitative estimate of drug-likeness (QED) is 0.704. The first-order valence-corrected chi connectivity index (χ1v) is 9.32. The van der Waals surface area contributed by atoms with Crippen LogP contribution in [0, 0.1) is 0 Å². The molecule has 1 saturated carbocycles. The molecule has 1 saturated heterocycles. The van der Waals surface area contributed by atoms with Gasteiger partial charge >= 0.3 is 0 Å². The van der Waals surface area contributed by atoms with Gasteiger partial charge in [-0.3, -0.25) is 19.7 Å². The van der Waals surface area contributed by atoms with E-state index in [1.165, 1.54) is 12.8 Å². The average molecular weight is 356 g/mol. The summed E-state index contributed by atoms with van der Waals surface area (Å²) in [5.41, 5.74) is 8.72. The van der Waals surface area contributed by atoms with E-state index in [4.69, 9.17) is 5.73 Å². The molecule has 3 aliphatic rings. The van der Waals surface area contributed by atoms with Crippen molar-refractivity contribution in [2.75, 3.05) is 5.32 Å². The molecule has 0 aromatic heterocycles. The van der Waals surface area contributed by atoms with Crippen molar-refractivity contribution in [3.05, 3.63) is 29.3 Å². The number of nitrogens with two attached hydrogens (primary N) is 1. The summed E-state index contributed by atoms with van der Waals surface area (Å²) in [6, 6.07) is 5.55. The van der Waals surface area contributed by atoms with Crippen LogP contribution in [0.15, 0.2) is 18.2 Å². The van der Waals surface area contributed by atoms with Gasteiger partial charge < -0.3 is 16.0 Å². The molecule has 1 aromatic carbocycles. The molecule has 3 amide bonds. The molecule has 2 aliphatic heterocycles. The van der Waals surface area contributed by atoms with Gasteiger partial charge in [0.25, 0.3) is 5.91 Å². The van der Waals surface area contributed by atoms with Crippen LogP contribution in [0.1, 0.15) is 54.4 Å². The molecular formula is C19H24N4O3. The van der Waals surface area contributed by atoms with Crippen LogP contribution >= 0.6 is 0 Å². The number of anilines is 1. The number of fused-ring (bicyclic) bond motifs is 1. The molecule has 7 heteroatoms. The Labute approximate surface area is 152 Å². The van der Waals surface area contributed by atoms with E-state index < -0.39 is 6.04 Å². The molecule has 2 heterocycles. The first kappa shape index (κ1) is 17.0. The van der Waals surface area contributed by atoms with Crippen molar-refractivity contribution in [3.8, 4) is 0 Å². The van der Waals surface area contributed by atoms with Crippen molar-refractivity contribution < 1.29 is 14.4 Å². The molecule has 138 valence electrons. The zero-order valence-electron chi connectivity index (χ0n) is 14.7. The topological polar surface area (TPSA) is 105 Å². The number of nitrogens with zero attached hydrogens (tertiary/aromatic N) is 1. The summed E-state index contributed by atoms with van der Waals surface area (Å²) in [5, 5.41) is 5.83. The first-order valence-electron chi connectivity index (χ1n) is 9.32. The number of rotatable bonds is 3. The lowest BCUT2D eigenvalue weighted by Crippen LogP contribution is -2.52. The van der Waals surface area contributed by atoms with E-state index in [2.05, 4.69) is 10.6 Å². The SMILES string of the molecule is N[C@@H]1CCCC[C@H]1Nc1ccc2c(c1)CN(C1CCC(=O)NC1=O)C2=O. The number of hydrogen-bond donors (Lipinski definition) is 3. The molecule has 26 heavy (non-hydrogen) atoms. The van der Waals surface area contributed by atoms with Crippen molar-refractivity contribution in [2.45, 2.75) is 63.2 Å². The van der Waals surface area contributed by atoms with Gasteiger partial charge in [0, 0.05) is 36.3 Å². The molecule has 0 bridgehead atoms. The van der Waals surface area contributed by atoms with Crippen LogP contribution in [0.3, 0.4) is 0 Å². The monoisotopic (exact) mass is 356 g/mol. The fourth-order valence-corrected chi connectivity index (χ4v) is 4.22. The molecule has 1 aromatic rings. The van der Waals surface area contributed by atoms with E-state index in [0.29, 0.717) is 18.5 Å². The third-order valence-corrected chi connectivity index (χ3v) is 5.70. The van der Waals surface area contributed by atoms with Crippen LogP contribution < -0.4 is 16.4 Å². The smallest absolute Gasteiger partial charge is 0.255 e. The molecule has 4 rings (SSSR count). The Hall–Kier alpha value is -2.41. The van der Waals surface area contributed by atoms with E-state index in [0.717, 1.165) is 24.1 Å². The summed E-state index contributed by atoms with van der Waals surface area (Å²) in [6.45, 7) is 0.396. The number of piperidine rings is 1. The third-order valence-electron chi connectivity index (χ3n) is 5.70. The van der Waals surface area contributed by atoms with E-state index in [1.54, 1.807) is 4.90 Å². The highest BCUT2D eigenvalue weighted by Gasteiger charge is 2.39. The Kier molecular flexibility index (Phi) is 4.40. The molecule has 4 N–H and O–H groups in total. The molecular weight excluding hydrogens is 332 g/mol. The maximum atomic E-state index is 12.7. The van der Waals surface area contributed by atoms with Crippen LogP contribution in [0.25, 0.3) is 0 Å². The predicted molar refractivity (Wildman–Crippen MR) is 96.3 cm³/mol. The normalized spacial score (nSPS) is 28.7. The number of benzene rings is 1. The van der Waals surface area contributed by atoms with Gasteiger partial charge in [-0.05, 0) is 43.0 Å². The number of hydrogen-bond acceptors (Lipinski definition) is 5. The maximum absolute atomic E-state index is 12.7. The molecule has 3 atom stereocenters. The molecule has 0 radical (unpaired) electrons. The third kappa shape index (κ3) is 3.07. The van der Waals surface area contributed by atoms with E-state index >= 15 is 0 Å². The summed E-state index contributed by atoms with van der Waals surface area (Å²) in [6.07, 6.45) is 5.09. The second-order valence-corrected chi connectivity index (χ2v) is 7.47. The summed E-state index contributed by atoms with van der Waals surface area (Å²) >= 11 is 0. The lowest BCUT2D eigenvalue weighted by atomic mass is 9.91. The largest absolute Gasteiger partial charge is 0.381 e. The van der Waals surface area contributed by atoms with Crippen molar-refractivity contribution in [1.29, 1.82) is 0 Å². The van der Waals surface area contributed by atoms with E-state index in [1.807, 2.05) is 18.2 Å². The minimum Gasteiger partial charge on any atom is -0.381 e. The van der Waals surface area contributed by atoms with Gasteiger partial charge in [-0.1, -0.05) is 12.8 Å². The molecule has 7 nitrogen and oxygen atoms in total. The standard InChI is InChI=1S/C19H24N4O3/c20-14-3-1-2-4-15(14)21-12-5-6-13-11(9-12)10-23(19(13)26)16-7-8-17(24)22-18(16)25/h5-6,9,14-16,21H,1-4,7-8,10,20H2,(H,22,24,25)/t14-,15-,16?/m1/s1. The second kappa shape index (κ2) is 6.72. The fraction of sp³-hybridized carbons (Fsp3) is 0.526. The van der Waals surface area contributed by atoms with Crippen LogP contribution in [-0.4, -0.2) is 40.7 Å². The molecule has 2 fully saturated rings. The zero-order chi connectivity index (χ0) is 18.3. The highest BCUT2D eigenvalue weighted by Crippen LogP contribution is 2.30. The fourth-order valence-electron chi connectivity index (χ4n) is 4.22. The number of nitrogens with one attached hydrogen (secondary N) is 2. The zero-order valence-corrected chi connectivity index (χ0v) is 14.7. The molecule has 0 spiro atoms. The van der Waals surface area contributed by atoms with Gasteiger partial charge in [-0.2, -0.15) is 0 Å². The van der Waals surface area contributed by atoms with Crippen LogP contribution in [0.2, 0.25) is 0 Å². The summed E-state index contributed by atoms with van der Waals surface area (Å²) in [4.78, 5) is 37.7. The lowest BCUT2D eigenvalue weighted by Gasteiger charge is -2.30. The van der Waals surface area contributed by atoms with Gasteiger partial charge in [-0.15, -0.1) is 0 Å². The van der Waals surface area contributed by atoms with Gasteiger partial charge in [0.1, 0.15) is 6.04 Å². The van der Waals surface area contributed by atoms with Crippen molar-refractivity contribution >= 4 is 23.4 Å². The summed E-state index contributed by atoms with van der Waals surface area (Å²) in [5.74, 6) is -0.796. The number of carbonyl (C=O) groups excluding carboxylic acids is 3. The van der Waals surface area contributed by atoms with Crippen LogP contribution in [0.4, 0.5) is 5.69 Å². The highest BCUT2D eigenvalue weighted by molar-refractivity contribution is 6.05. The van der Waals surface area contributed by atoms with Gasteiger partial charge in [0.2, 0.25) is 11.8 Å². The average Bonchev–Trinajstić information content (AvgIpc) is 2.93. The minimum absolute atomic E-state index is 0.143. The van der Waals surface area contributed by atoms with Crippen molar-refractivity contribution in [1.82, 2.24) is 10.2 Å². The molecule has 1 unspecified atom stereocenters. The van der Waals surface area contributed by atoms with Crippen molar-refractivity contribution in [2.24, 2.45) is 5.73 Å². The lowest BCUT2D eigenvalue weighted by molar-refractivity contribution is -0.136. The highest BCUT2D eigenvalue weighted by atomic mass is 16.2. The minimum atomic E-state index is -0.573. The van der Waals surface area contributed by atoms with Gasteiger partial charge in [0.05, 0.1) is 0 Å². The van der Waals surface area contributed by atoms with E-state index in [-0.39, 0.29) is 36.2 Å². The Balaban J connectivity index is 1.49. The Morgan fingerprint density at radius 1 is 1.12 bits per heavy atom. The number of amides is 3. The predicted octanol–water partition coefficient (Wildman–Crippen LogP) is 1.13. The number of carbonyl (C=O) groups is 3. The molecule has 1 aliphatic carbocycles. The Morgan fingerprint density at radius 3 is 2.69 bits per heavy atom. The summed E-state index contributed by atoms with van der Waals surface area (Å²) < 4.78 is 0. The Bertz CT molecular complexity index is 763. The van der Waals surface area contributed by atoms with Crippen LogP contribution in [0.5, 0.6) is 0 Å². The van der Waals surface area contributed by atoms with E-state index in [9.17, 15) is 14.4 Å². The van der Waals surface area contributed by atoms with Gasteiger partial charge in [0.15, 0.2) is 0 Å². The number of imide groups is 1.